The molecule has 0 saturated heterocycles. The summed E-state index contributed by atoms with van der Waals surface area (Å²) in [4.78, 5) is 0. The van der Waals surface area contributed by atoms with Crippen LogP contribution in [0.3, 0.4) is 0 Å². The van der Waals surface area contributed by atoms with Gasteiger partial charge in [0.1, 0.15) is 11.5 Å². The van der Waals surface area contributed by atoms with E-state index in [1.165, 1.54) is 134 Å². The predicted octanol–water partition coefficient (Wildman–Crippen LogP) is 19.2. The highest BCUT2D eigenvalue weighted by Crippen LogP contribution is 2.73. The molecule has 9 aliphatic carbocycles. The van der Waals surface area contributed by atoms with E-state index in [-0.39, 0.29) is 43.3 Å². The van der Waals surface area contributed by atoms with Crippen molar-refractivity contribution in [1.29, 1.82) is 0 Å². The maximum atomic E-state index is 13.1. The Morgan fingerprint density at radius 2 is 0.667 bits per heavy atom. The first kappa shape index (κ1) is 53.0. The Bertz CT molecular complexity index is 2810. The molecule has 0 amide bonds. The molecule has 6 aromatic rings. The average Bonchev–Trinajstić information content (AvgIpc) is 3.07. The molecule has 9 fully saturated rings. The zero-order valence-electron chi connectivity index (χ0n) is 48.0. The van der Waals surface area contributed by atoms with Crippen LogP contribution in [0.15, 0.2) is 146 Å². The van der Waals surface area contributed by atoms with E-state index in [1.807, 2.05) is 0 Å². The van der Waals surface area contributed by atoms with E-state index in [4.69, 9.17) is 0 Å². The zero-order chi connectivity index (χ0) is 53.8. The highest BCUT2D eigenvalue weighted by molar-refractivity contribution is 8.03. The van der Waals surface area contributed by atoms with Gasteiger partial charge in [-0.25, -0.2) is 0 Å². The molecule has 0 radical (unpaired) electrons. The minimum Gasteiger partial charge on any atom is -0.507 e. The fourth-order valence-electron chi connectivity index (χ4n) is 19.4. The summed E-state index contributed by atoms with van der Waals surface area (Å²) in [6.07, 6.45) is 21.7. The van der Waals surface area contributed by atoms with Crippen molar-refractivity contribution in [1.82, 2.24) is 0 Å². The lowest BCUT2D eigenvalue weighted by atomic mass is 9.36. The summed E-state index contributed by atoms with van der Waals surface area (Å²) < 4.78 is 0. The first-order valence-corrected chi connectivity index (χ1v) is 32.7. The first-order valence-electron chi connectivity index (χ1n) is 30.6. The minimum absolute atomic E-state index is 0.0557. The van der Waals surface area contributed by atoms with Gasteiger partial charge >= 0.3 is 0 Å². The van der Waals surface area contributed by atoms with E-state index >= 15 is 0 Å². The monoisotopic (exact) mass is 1070 g/mol. The topological polar surface area (TPSA) is 40.5 Å². The van der Waals surface area contributed by atoms with E-state index in [0.717, 1.165) is 48.3 Å². The average molecular weight is 1070 g/mol. The maximum absolute atomic E-state index is 13.1. The van der Waals surface area contributed by atoms with Crippen LogP contribution >= 0.6 is 23.5 Å². The third kappa shape index (κ3) is 9.24. The molecule has 0 spiro atoms. The van der Waals surface area contributed by atoms with Gasteiger partial charge in [0.05, 0.1) is 0 Å². The molecular weight excluding hydrogens is 985 g/mol. The summed E-state index contributed by atoms with van der Waals surface area (Å²) in [5, 5.41) is 27.2. The smallest absolute Gasteiger partial charge is 0.123 e. The van der Waals surface area contributed by atoms with Gasteiger partial charge in [-0.05, 0) is 168 Å². The SMILES string of the molecule is CC(C)(C)c1cc(CSC2CCCCCCC2SCc2cc(C(C)(C)C)cc(C34CC5CC(c6ccccc6)(CC(c6ccccc6)(C5)C3)C4)c2O)c(O)c(C23CC4CC(c5ccccc5)(CC(c5ccccc5)(C4)C2)C3)c1. The first-order chi connectivity index (χ1) is 37.4. The Kier molecular flexibility index (Phi) is 13.4. The number of hydrogen-bond acceptors (Lipinski definition) is 4. The molecule has 0 aromatic heterocycles. The van der Waals surface area contributed by atoms with Crippen molar-refractivity contribution in [3.05, 3.63) is 201 Å². The van der Waals surface area contributed by atoms with Crippen LogP contribution in [0.4, 0.5) is 0 Å². The van der Waals surface area contributed by atoms with Crippen LogP contribution in [-0.2, 0) is 54.8 Å². The second-order valence-corrected chi connectivity index (χ2v) is 31.9. The molecule has 78 heavy (non-hydrogen) atoms. The summed E-state index contributed by atoms with van der Waals surface area (Å²) in [7, 11) is 0. The van der Waals surface area contributed by atoms with Gasteiger partial charge in [0.25, 0.3) is 0 Å². The van der Waals surface area contributed by atoms with Gasteiger partial charge in [0, 0.05) is 55.1 Å². The number of rotatable bonds is 12. The molecule has 408 valence electrons. The van der Waals surface area contributed by atoms with Gasteiger partial charge in [-0.1, -0.05) is 213 Å². The molecule has 6 atom stereocenters. The largest absolute Gasteiger partial charge is 0.507 e. The standard InChI is InChI=1S/C74H88O2S2/c1-67(2,3)59-33-53(65(75)61(35-59)73-41-51-37-69(47-73,55-23-13-9-14-24-55)45-70(38-51,48-73)56-25-15-10-16-26-56)43-77-63-31-21-7-8-22-32-64(63)78-44-54-34-60(68(4,5)6)36-62(66(54)76)74-42-52-39-71(49-74,57-27-17-11-18-28-57)46-72(40-52,50-74)58-29-19-12-20-30-58/h9-20,23-30,33-36,51-52,63-64,75-76H,7-8,21-22,31-32,37-50H2,1-6H3. The molecule has 8 bridgehead atoms. The lowest BCUT2D eigenvalue weighted by molar-refractivity contribution is -0.0503. The molecule has 15 rings (SSSR count). The number of aromatic hydroxyl groups is 2. The number of hydrogen-bond donors (Lipinski definition) is 2. The normalized spacial score (nSPS) is 33.2. The van der Waals surface area contributed by atoms with Crippen molar-refractivity contribution in [2.75, 3.05) is 0 Å². The van der Waals surface area contributed by atoms with Gasteiger partial charge in [0.15, 0.2) is 0 Å². The summed E-state index contributed by atoms with van der Waals surface area (Å²) in [5.74, 6) is 4.06. The number of phenolic OH excluding ortho intramolecular Hbond substituents is 2. The van der Waals surface area contributed by atoms with Crippen LogP contribution in [0, 0.1) is 11.8 Å². The molecule has 6 unspecified atom stereocenters. The van der Waals surface area contributed by atoms with Crippen molar-refractivity contribution in [2.45, 2.75) is 222 Å². The van der Waals surface area contributed by atoms with E-state index in [0.29, 0.717) is 33.8 Å². The zero-order valence-corrected chi connectivity index (χ0v) is 49.7. The molecule has 2 N–H and O–H groups in total. The summed E-state index contributed by atoms with van der Waals surface area (Å²) in [5.41, 5.74) is 13.6. The van der Waals surface area contributed by atoms with Gasteiger partial charge in [-0.15, -0.1) is 0 Å². The van der Waals surface area contributed by atoms with Crippen LogP contribution < -0.4 is 0 Å². The summed E-state index contributed by atoms with van der Waals surface area (Å²) >= 11 is 4.27. The van der Waals surface area contributed by atoms with Gasteiger partial charge < -0.3 is 10.2 Å². The second kappa shape index (κ2) is 19.7. The highest BCUT2D eigenvalue weighted by atomic mass is 32.2. The second-order valence-electron chi connectivity index (χ2n) is 29.4. The van der Waals surface area contributed by atoms with Crippen molar-refractivity contribution < 1.29 is 10.2 Å². The maximum Gasteiger partial charge on any atom is 0.123 e. The number of thioether (sulfide) groups is 2. The Hall–Kier alpha value is -4.38. The Labute approximate surface area is 477 Å². The Morgan fingerprint density at radius 1 is 0.385 bits per heavy atom. The van der Waals surface area contributed by atoms with Crippen molar-refractivity contribution in [3.8, 4) is 11.5 Å². The predicted molar refractivity (Wildman–Crippen MR) is 330 cm³/mol. The van der Waals surface area contributed by atoms with Crippen molar-refractivity contribution in [3.63, 3.8) is 0 Å². The van der Waals surface area contributed by atoms with Crippen LogP contribution in [0.2, 0.25) is 0 Å². The fourth-order valence-corrected chi connectivity index (χ4v) is 22.5. The third-order valence-electron chi connectivity index (χ3n) is 22.0. The molecule has 9 aliphatic rings. The Morgan fingerprint density at radius 3 is 0.962 bits per heavy atom. The third-order valence-corrected chi connectivity index (χ3v) is 25.1. The highest BCUT2D eigenvalue weighted by Gasteiger charge is 2.66. The molecule has 4 heteroatoms. The molecule has 6 aromatic carbocycles. The van der Waals surface area contributed by atoms with E-state index in [2.05, 4.69) is 211 Å². The van der Waals surface area contributed by atoms with Gasteiger partial charge in [-0.2, -0.15) is 23.5 Å². The van der Waals surface area contributed by atoms with Crippen LogP contribution in [0.5, 0.6) is 11.5 Å². The minimum atomic E-state index is -0.0998. The Balaban J connectivity index is 0.827. The summed E-state index contributed by atoms with van der Waals surface area (Å²) in [6, 6.07) is 56.0. The van der Waals surface area contributed by atoms with E-state index in [9.17, 15) is 10.2 Å². The van der Waals surface area contributed by atoms with Crippen LogP contribution in [0.1, 0.15) is 213 Å². The molecule has 9 saturated carbocycles. The van der Waals surface area contributed by atoms with Crippen LogP contribution in [0.25, 0.3) is 0 Å². The quantitative estimate of drug-likeness (QED) is 0.128. The van der Waals surface area contributed by atoms with E-state index < -0.39 is 0 Å². The summed E-state index contributed by atoms with van der Waals surface area (Å²) in [6.45, 7) is 14.2. The number of phenols is 2. The molecule has 0 heterocycles. The molecule has 2 nitrogen and oxygen atoms in total. The lowest BCUT2D eigenvalue weighted by Crippen LogP contribution is -2.62. The fraction of sp³-hybridized carbons (Fsp3) is 0.514. The lowest BCUT2D eigenvalue weighted by Gasteiger charge is -2.67. The van der Waals surface area contributed by atoms with Gasteiger partial charge in [0.2, 0.25) is 0 Å². The van der Waals surface area contributed by atoms with Crippen LogP contribution in [-0.4, -0.2) is 20.7 Å². The van der Waals surface area contributed by atoms with Crippen molar-refractivity contribution >= 4 is 23.5 Å². The number of benzene rings is 6. The molecule has 0 aliphatic heterocycles. The van der Waals surface area contributed by atoms with Crippen molar-refractivity contribution in [2.24, 2.45) is 11.8 Å². The van der Waals surface area contributed by atoms with Gasteiger partial charge in [-0.3, -0.25) is 0 Å². The molecular formula is C74H88O2S2. The van der Waals surface area contributed by atoms with E-state index in [1.54, 1.807) is 0 Å².